The summed E-state index contributed by atoms with van der Waals surface area (Å²) in [5.74, 6) is 0. The predicted molar refractivity (Wildman–Crippen MR) is 74.8 cm³/mol. The van der Waals surface area contributed by atoms with Crippen molar-refractivity contribution in [3.63, 3.8) is 0 Å². The third-order valence-corrected chi connectivity index (χ3v) is 3.44. The molecule has 0 aliphatic rings. The fraction of sp³-hybridized carbons (Fsp3) is 0. The van der Waals surface area contributed by atoms with Crippen molar-refractivity contribution in [1.29, 1.82) is 0 Å². The van der Waals surface area contributed by atoms with Crippen molar-refractivity contribution >= 4 is 26.2 Å². The zero-order chi connectivity index (χ0) is 11.7. The van der Waals surface area contributed by atoms with Crippen LogP contribution in [0.4, 0.5) is 0 Å². The van der Waals surface area contributed by atoms with Crippen LogP contribution >= 0.6 is 0 Å². The minimum Gasteiger partial charge on any atom is -0.0632 e. The maximum absolute atomic E-state index is 3.67. The first-order valence-corrected chi connectivity index (χ1v) is 6.15. The summed E-state index contributed by atoms with van der Waals surface area (Å²) in [5.41, 5.74) is 2.51. The van der Waals surface area contributed by atoms with Crippen molar-refractivity contribution in [3.05, 3.63) is 66.7 Å². The Morgan fingerprint density at radius 3 is 2.12 bits per heavy atom. The standard InChI is InChI=1S/C16H11Si/c17-16-11-4-3-9-15(16)14-10-5-7-12-6-1-2-8-13(12)14/h1-11H. The van der Waals surface area contributed by atoms with Gasteiger partial charge in [0.15, 0.2) is 0 Å². The van der Waals surface area contributed by atoms with E-state index in [4.69, 9.17) is 0 Å². The minimum absolute atomic E-state index is 1.13. The molecule has 1 heteroatoms. The fourth-order valence-corrected chi connectivity index (χ4v) is 2.49. The van der Waals surface area contributed by atoms with Gasteiger partial charge in [-0.05, 0) is 21.9 Å². The molecular formula is C16H11Si. The molecule has 3 rings (SSSR count). The number of fused-ring (bicyclic) bond motifs is 1. The topological polar surface area (TPSA) is 0 Å². The molecule has 0 bridgehead atoms. The van der Waals surface area contributed by atoms with E-state index in [-0.39, 0.29) is 0 Å². The second-order valence-corrected chi connectivity index (χ2v) is 4.61. The lowest BCUT2D eigenvalue weighted by atomic mass is 9.98. The van der Waals surface area contributed by atoms with Gasteiger partial charge >= 0.3 is 0 Å². The smallest absolute Gasteiger partial charge is 0.0632 e. The molecule has 0 heterocycles. The molecule has 0 atom stereocenters. The molecule has 0 spiro atoms. The zero-order valence-electron chi connectivity index (χ0n) is 9.35. The molecule has 0 saturated carbocycles. The van der Waals surface area contributed by atoms with Crippen LogP contribution in [0, 0.1) is 0 Å². The molecule has 3 aromatic carbocycles. The molecule has 0 unspecified atom stereocenters. The molecule has 0 N–H and O–H groups in total. The van der Waals surface area contributed by atoms with Gasteiger partial charge in [0, 0.05) is 0 Å². The van der Waals surface area contributed by atoms with Crippen LogP contribution in [0.5, 0.6) is 0 Å². The van der Waals surface area contributed by atoms with Gasteiger partial charge in [-0.15, -0.1) is 0 Å². The first kappa shape index (κ1) is 10.3. The molecule has 0 nitrogen and oxygen atoms in total. The molecule has 0 aliphatic carbocycles. The van der Waals surface area contributed by atoms with E-state index in [2.05, 4.69) is 70.9 Å². The van der Waals surface area contributed by atoms with E-state index in [1.807, 2.05) is 6.07 Å². The summed E-state index contributed by atoms with van der Waals surface area (Å²) >= 11 is 0. The average Bonchev–Trinajstić information content (AvgIpc) is 2.39. The summed E-state index contributed by atoms with van der Waals surface area (Å²) in [6.07, 6.45) is 0. The van der Waals surface area contributed by atoms with Gasteiger partial charge in [-0.25, -0.2) is 0 Å². The van der Waals surface area contributed by atoms with Gasteiger partial charge in [0.05, 0.1) is 10.2 Å². The van der Waals surface area contributed by atoms with E-state index in [0.717, 1.165) is 5.19 Å². The maximum Gasteiger partial charge on any atom is 0.0720 e. The maximum atomic E-state index is 3.67. The van der Waals surface area contributed by atoms with Gasteiger partial charge in [0.1, 0.15) is 0 Å². The molecule has 3 aromatic rings. The minimum atomic E-state index is 1.13. The quantitative estimate of drug-likeness (QED) is 0.564. The van der Waals surface area contributed by atoms with E-state index < -0.39 is 0 Å². The third kappa shape index (κ3) is 1.79. The van der Waals surface area contributed by atoms with Gasteiger partial charge in [-0.3, -0.25) is 0 Å². The van der Waals surface area contributed by atoms with Crippen molar-refractivity contribution in [2.45, 2.75) is 0 Å². The first-order chi connectivity index (χ1) is 8.36. The lowest BCUT2D eigenvalue weighted by Crippen LogP contribution is -2.05. The Kier molecular flexibility index (Phi) is 2.54. The predicted octanol–water partition coefficient (Wildman–Crippen LogP) is 3.30. The van der Waals surface area contributed by atoms with Gasteiger partial charge < -0.3 is 0 Å². The molecule has 0 aliphatic heterocycles. The number of hydrogen-bond donors (Lipinski definition) is 0. The number of rotatable bonds is 1. The van der Waals surface area contributed by atoms with Crippen LogP contribution in [0.1, 0.15) is 0 Å². The van der Waals surface area contributed by atoms with Crippen LogP contribution in [0.3, 0.4) is 0 Å². The van der Waals surface area contributed by atoms with Gasteiger partial charge in [-0.1, -0.05) is 71.9 Å². The van der Waals surface area contributed by atoms with E-state index in [1.165, 1.54) is 21.9 Å². The second-order valence-electron chi connectivity index (χ2n) is 4.07. The van der Waals surface area contributed by atoms with Crippen molar-refractivity contribution in [2.24, 2.45) is 0 Å². The van der Waals surface area contributed by atoms with Crippen molar-refractivity contribution in [3.8, 4) is 11.1 Å². The van der Waals surface area contributed by atoms with Crippen molar-refractivity contribution < 1.29 is 0 Å². The summed E-state index contributed by atoms with van der Waals surface area (Å²) in [5, 5.41) is 3.70. The van der Waals surface area contributed by atoms with Crippen LogP contribution in [-0.2, 0) is 0 Å². The van der Waals surface area contributed by atoms with Crippen LogP contribution in [0.2, 0.25) is 0 Å². The normalized spacial score (nSPS) is 10.6. The Labute approximate surface area is 104 Å². The van der Waals surface area contributed by atoms with Gasteiger partial charge in [-0.2, -0.15) is 0 Å². The monoisotopic (exact) mass is 231 g/mol. The molecular weight excluding hydrogens is 220 g/mol. The van der Waals surface area contributed by atoms with Crippen LogP contribution < -0.4 is 5.19 Å². The largest absolute Gasteiger partial charge is 0.0720 e. The lowest BCUT2D eigenvalue weighted by Gasteiger charge is -2.09. The van der Waals surface area contributed by atoms with E-state index in [9.17, 15) is 0 Å². The Balaban J connectivity index is 2.35. The summed E-state index contributed by atoms with van der Waals surface area (Å²) in [6, 6.07) is 23.2. The lowest BCUT2D eigenvalue weighted by molar-refractivity contribution is 1.68. The van der Waals surface area contributed by atoms with Gasteiger partial charge in [0.25, 0.3) is 0 Å². The van der Waals surface area contributed by atoms with Gasteiger partial charge in [0.2, 0.25) is 0 Å². The van der Waals surface area contributed by atoms with Crippen molar-refractivity contribution in [2.75, 3.05) is 0 Å². The zero-order valence-corrected chi connectivity index (χ0v) is 10.4. The number of benzene rings is 3. The van der Waals surface area contributed by atoms with Crippen LogP contribution in [-0.4, -0.2) is 10.2 Å². The molecule has 0 fully saturated rings. The Hall–Kier alpha value is -1.86. The Morgan fingerprint density at radius 2 is 1.24 bits per heavy atom. The highest BCUT2D eigenvalue weighted by atomic mass is 28.1. The summed E-state index contributed by atoms with van der Waals surface area (Å²) in [7, 11) is 3.67. The van der Waals surface area contributed by atoms with E-state index in [1.54, 1.807) is 0 Å². The molecule has 0 aromatic heterocycles. The van der Waals surface area contributed by atoms with E-state index >= 15 is 0 Å². The summed E-state index contributed by atoms with van der Waals surface area (Å²) in [4.78, 5) is 0. The van der Waals surface area contributed by atoms with E-state index in [0.29, 0.717) is 0 Å². The highest BCUT2D eigenvalue weighted by molar-refractivity contribution is 6.36. The summed E-state index contributed by atoms with van der Waals surface area (Å²) in [6.45, 7) is 0. The molecule has 0 saturated heterocycles. The SMILES string of the molecule is [Si]c1ccccc1-c1cccc2ccccc12. The Morgan fingerprint density at radius 1 is 0.588 bits per heavy atom. The molecule has 3 radical (unpaired) electrons. The highest BCUT2D eigenvalue weighted by Crippen LogP contribution is 2.26. The molecule has 0 amide bonds. The Bertz CT molecular complexity index is 666. The second kappa shape index (κ2) is 4.19. The summed E-state index contributed by atoms with van der Waals surface area (Å²) < 4.78 is 0. The van der Waals surface area contributed by atoms with Crippen molar-refractivity contribution in [1.82, 2.24) is 0 Å². The third-order valence-electron chi connectivity index (χ3n) is 3.01. The number of hydrogen-bond acceptors (Lipinski definition) is 0. The average molecular weight is 231 g/mol. The molecule has 17 heavy (non-hydrogen) atoms. The highest BCUT2D eigenvalue weighted by Gasteiger charge is 2.04. The van der Waals surface area contributed by atoms with Crippen LogP contribution in [0.25, 0.3) is 21.9 Å². The van der Waals surface area contributed by atoms with Crippen LogP contribution in [0.15, 0.2) is 66.7 Å². The first-order valence-electron chi connectivity index (χ1n) is 5.65. The fourth-order valence-electron chi connectivity index (χ4n) is 2.18. The molecule has 79 valence electrons.